The Balaban J connectivity index is 1.70. The Morgan fingerprint density at radius 1 is 1.50 bits per heavy atom. The fourth-order valence-corrected chi connectivity index (χ4v) is 3.15. The van der Waals surface area contributed by atoms with Gasteiger partial charge in [0.15, 0.2) is 0 Å². The predicted molar refractivity (Wildman–Crippen MR) is 89.9 cm³/mol. The number of nitrogens with zero attached hydrogens (tertiary/aromatic N) is 1. The highest BCUT2D eigenvalue weighted by Gasteiger charge is 2.39. The zero-order valence-corrected chi connectivity index (χ0v) is 14.5. The van der Waals surface area contributed by atoms with Crippen molar-refractivity contribution in [3.8, 4) is 0 Å². The monoisotopic (exact) mass is 325 g/mol. The summed E-state index contributed by atoms with van der Waals surface area (Å²) < 4.78 is 5.64. The van der Waals surface area contributed by atoms with E-state index in [2.05, 4.69) is 11.9 Å². The molecule has 0 aromatic carbocycles. The summed E-state index contributed by atoms with van der Waals surface area (Å²) in [5.41, 5.74) is 1.86. The minimum Gasteiger partial charge on any atom is -0.396 e. The van der Waals surface area contributed by atoms with Gasteiger partial charge >= 0.3 is 0 Å². The van der Waals surface area contributed by atoms with Crippen LogP contribution < -0.4 is 0 Å². The normalized spacial score (nSPS) is 24.3. The van der Waals surface area contributed by atoms with Crippen LogP contribution in [-0.4, -0.2) is 40.1 Å². The Morgan fingerprint density at radius 2 is 2.27 bits per heavy atom. The summed E-state index contributed by atoms with van der Waals surface area (Å²) in [7, 11) is 0. The minimum atomic E-state index is -0.464. The molecule has 0 radical (unpaired) electrons. The average Bonchev–Trinajstić information content (AvgIpc) is 3.08. The molecule has 1 aliphatic rings. The summed E-state index contributed by atoms with van der Waals surface area (Å²) in [5.74, 6) is 0.370. The zero-order chi connectivity index (χ0) is 16.1. The highest BCUT2D eigenvalue weighted by molar-refractivity contribution is 7.09. The number of aliphatic hydroxyl groups is 2. The van der Waals surface area contributed by atoms with Gasteiger partial charge in [-0.2, -0.15) is 0 Å². The van der Waals surface area contributed by atoms with E-state index in [1.807, 2.05) is 25.3 Å². The van der Waals surface area contributed by atoms with E-state index >= 15 is 0 Å². The molecule has 1 saturated heterocycles. The Labute approximate surface area is 136 Å². The van der Waals surface area contributed by atoms with E-state index in [1.54, 1.807) is 11.3 Å². The first-order valence-corrected chi connectivity index (χ1v) is 8.92. The van der Waals surface area contributed by atoms with Crippen molar-refractivity contribution in [3.05, 3.63) is 21.7 Å². The van der Waals surface area contributed by atoms with E-state index in [4.69, 9.17) is 9.84 Å². The fraction of sp³-hybridized carbons (Fsp3) is 0.706. The van der Waals surface area contributed by atoms with Crippen LogP contribution in [0.3, 0.4) is 0 Å². The quantitative estimate of drug-likeness (QED) is 0.684. The Bertz CT molecular complexity index is 500. The maximum atomic E-state index is 10.3. The first-order chi connectivity index (χ1) is 10.5. The molecule has 0 bridgehead atoms. The lowest BCUT2D eigenvalue weighted by Crippen LogP contribution is -2.13. The Hall–Kier alpha value is -0.750. The molecule has 0 unspecified atom stereocenters. The van der Waals surface area contributed by atoms with Gasteiger partial charge in [0, 0.05) is 18.4 Å². The first kappa shape index (κ1) is 17.6. The molecule has 0 amide bonds. The highest BCUT2D eigenvalue weighted by atomic mass is 32.1. The van der Waals surface area contributed by atoms with Crippen LogP contribution in [0.5, 0.6) is 0 Å². The molecule has 0 spiro atoms. The standard InChI is InChI=1S/C17H27NO3S/c1-11(9-19)5-4-6-16-17(21-16)8-15(20)12(2)7-14-10-22-13(3)18-14/h7,10-11,15-17,19-20H,4-6,8-9H2,1-3H3/b12-7+/t11-,15-,16+,17-/m0/s1. The SMILES string of the molecule is C/C(=C\c1csc(C)n1)[C@@H](O)C[C@@H]1O[C@@H]1CCC[C@H](C)CO. The molecule has 4 atom stereocenters. The zero-order valence-electron chi connectivity index (χ0n) is 13.7. The average molecular weight is 325 g/mol. The van der Waals surface area contributed by atoms with Gasteiger partial charge in [0.05, 0.1) is 29.0 Å². The second kappa shape index (κ2) is 8.20. The van der Waals surface area contributed by atoms with Crippen LogP contribution in [0, 0.1) is 12.8 Å². The second-order valence-electron chi connectivity index (χ2n) is 6.36. The Kier molecular flexibility index (Phi) is 6.56. The van der Waals surface area contributed by atoms with Crippen molar-refractivity contribution in [2.45, 2.75) is 64.8 Å². The van der Waals surface area contributed by atoms with Gasteiger partial charge < -0.3 is 14.9 Å². The highest BCUT2D eigenvalue weighted by Crippen LogP contribution is 2.32. The van der Waals surface area contributed by atoms with E-state index in [0.717, 1.165) is 35.5 Å². The Morgan fingerprint density at radius 3 is 2.91 bits per heavy atom. The minimum absolute atomic E-state index is 0.181. The summed E-state index contributed by atoms with van der Waals surface area (Å²) in [6.07, 6.45) is 5.75. The molecule has 0 saturated carbocycles. The summed E-state index contributed by atoms with van der Waals surface area (Å²) in [6, 6.07) is 0. The van der Waals surface area contributed by atoms with Crippen LogP contribution in [0.1, 0.15) is 50.2 Å². The van der Waals surface area contributed by atoms with Gasteiger partial charge in [0.2, 0.25) is 0 Å². The van der Waals surface area contributed by atoms with Crippen LogP contribution in [0.15, 0.2) is 11.0 Å². The fourth-order valence-electron chi connectivity index (χ4n) is 2.58. The molecule has 2 N–H and O–H groups in total. The lowest BCUT2D eigenvalue weighted by Gasteiger charge is -2.09. The molecular weight excluding hydrogens is 298 g/mol. The predicted octanol–water partition coefficient (Wildman–Crippen LogP) is 3.17. The maximum Gasteiger partial charge on any atom is 0.0901 e. The van der Waals surface area contributed by atoms with Crippen molar-refractivity contribution >= 4 is 17.4 Å². The molecule has 2 heterocycles. The molecule has 22 heavy (non-hydrogen) atoms. The van der Waals surface area contributed by atoms with E-state index in [1.165, 1.54) is 0 Å². The van der Waals surface area contributed by atoms with E-state index < -0.39 is 6.10 Å². The van der Waals surface area contributed by atoms with Crippen LogP contribution in [0.4, 0.5) is 0 Å². The van der Waals surface area contributed by atoms with Gasteiger partial charge in [-0.25, -0.2) is 4.98 Å². The summed E-state index contributed by atoms with van der Waals surface area (Å²) in [6.45, 7) is 6.24. The molecule has 124 valence electrons. The van der Waals surface area contributed by atoms with Crippen LogP contribution in [0.25, 0.3) is 6.08 Å². The third-order valence-electron chi connectivity index (χ3n) is 4.18. The topological polar surface area (TPSA) is 65.9 Å². The number of aromatic nitrogens is 1. The number of aryl methyl sites for hydroxylation is 1. The second-order valence-corrected chi connectivity index (χ2v) is 7.43. The van der Waals surface area contributed by atoms with Crippen molar-refractivity contribution in [1.29, 1.82) is 0 Å². The smallest absolute Gasteiger partial charge is 0.0901 e. The van der Waals surface area contributed by atoms with Crippen molar-refractivity contribution in [3.63, 3.8) is 0 Å². The molecule has 5 heteroatoms. The van der Waals surface area contributed by atoms with Gasteiger partial charge in [-0.15, -0.1) is 11.3 Å². The molecule has 1 aromatic rings. The number of epoxide rings is 1. The third kappa shape index (κ3) is 5.47. The number of hydrogen-bond donors (Lipinski definition) is 2. The van der Waals surface area contributed by atoms with Gasteiger partial charge in [-0.3, -0.25) is 0 Å². The van der Waals surface area contributed by atoms with Crippen molar-refractivity contribution in [1.82, 2.24) is 4.98 Å². The maximum absolute atomic E-state index is 10.3. The molecular formula is C17H27NO3S. The molecule has 1 aromatic heterocycles. The van der Waals surface area contributed by atoms with E-state index in [0.29, 0.717) is 12.3 Å². The van der Waals surface area contributed by atoms with Crippen molar-refractivity contribution < 1.29 is 14.9 Å². The number of aliphatic hydroxyl groups excluding tert-OH is 2. The molecule has 2 rings (SSSR count). The number of ether oxygens (including phenoxy) is 1. The third-order valence-corrected chi connectivity index (χ3v) is 4.97. The van der Waals surface area contributed by atoms with E-state index in [9.17, 15) is 5.11 Å². The van der Waals surface area contributed by atoms with Crippen LogP contribution in [-0.2, 0) is 4.74 Å². The summed E-state index contributed by atoms with van der Waals surface area (Å²) >= 11 is 1.62. The number of rotatable bonds is 9. The molecule has 1 fully saturated rings. The summed E-state index contributed by atoms with van der Waals surface area (Å²) in [5, 5.41) is 22.3. The van der Waals surface area contributed by atoms with Gasteiger partial charge in [-0.05, 0) is 44.3 Å². The molecule has 1 aliphatic heterocycles. The first-order valence-electron chi connectivity index (χ1n) is 8.04. The van der Waals surface area contributed by atoms with Gasteiger partial charge in [-0.1, -0.05) is 13.3 Å². The van der Waals surface area contributed by atoms with E-state index in [-0.39, 0.29) is 18.8 Å². The van der Waals surface area contributed by atoms with Crippen LogP contribution >= 0.6 is 11.3 Å². The van der Waals surface area contributed by atoms with Gasteiger partial charge in [0.1, 0.15) is 0 Å². The lowest BCUT2D eigenvalue weighted by molar-refractivity contribution is 0.186. The number of hydrogen-bond acceptors (Lipinski definition) is 5. The van der Waals surface area contributed by atoms with Gasteiger partial charge in [0.25, 0.3) is 0 Å². The van der Waals surface area contributed by atoms with Crippen molar-refractivity contribution in [2.24, 2.45) is 5.92 Å². The molecule has 4 nitrogen and oxygen atoms in total. The largest absolute Gasteiger partial charge is 0.396 e. The summed E-state index contributed by atoms with van der Waals surface area (Å²) in [4.78, 5) is 4.39. The van der Waals surface area contributed by atoms with Crippen LogP contribution in [0.2, 0.25) is 0 Å². The van der Waals surface area contributed by atoms with Crippen molar-refractivity contribution in [2.75, 3.05) is 6.61 Å². The number of thiazole rings is 1. The lowest BCUT2D eigenvalue weighted by atomic mass is 10.0. The molecule has 0 aliphatic carbocycles.